The number of amides is 5. The number of rotatable bonds is 16. The lowest BCUT2D eigenvalue weighted by Gasteiger charge is -2.27. The minimum Gasteiger partial charge on any atom is -0.480 e. The molecule has 38 heavy (non-hydrogen) atoms. The molecule has 0 saturated carbocycles. The summed E-state index contributed by atoms with van der Waals surface area (Å²) < 4.78 is 0. The zero-order chi connectivity index (χ0) is 29.0. The Bertz CT molecular complexity index is 873. The van der Waals surface area contributed by atoms with Crippen LogP contribution in [0.15, 0.2) is 0 Å². The van der Waals surface area contributed by atoms with Crippen molar-refractivity contribution in [1.29, 1.82) is 0 Å². The Kier molecular flexibility index (Phi) is 14.1. The van der Waals surface area contributed by atoms with Crippen LogP contribution in [0, 0.1) is 5.92 Å². The molecule has 1 heterocycles. The van der Waals surface area contributed by atoms with Crippen LogP contribution in [0.25, 0.3) is 0 Å². The number of aliphatic hydroxyl groups is 1. The number of aliphatic carboxylic acids is 1. The number of nitrogens with one attached hydrogen (secondary N) is 3. The maximum Gasteiger partial charge on any atom is 0.326 e. The van der Waals surface area contributed by atoms with E-state index in [1.165, 1.54) is 11.8 Å². The molecule has 0 aliphatic carbocycles. The molecule has 14 nitrogen and oxygen atoms in total. The molecule has 0 radical (unpaired) electrons. The molecule has 9 N–H and O–H groups in total. The van der Waals surface area contributed by atoms with Crippen LogP contribution in [0.2, 0.25) is 0 Å². The number of primary amides is 1. The van der Waals surface area contributed by atoms with Gasteiger partial charge in [0.25, 0.3) is 0 Å². The van der Waals surface area contributed by atoms with Gasteiger partial charge in [0, 0.05) is 19.4 Å². The molecule has 0 aromatic carbocycles. The molecule has 15 heteroatoms. The number of carboxylic acids is 1. The summed E-state index contributed by atoms with van der Waals surface area (Å²) >= 11 is 1.42. The molecule has 1 aliphatic heterocycles. The molecule has 0 unspecified atom stereocenters. The van der Waals surface area contributed by atoms with E-state index in [1.807, 2.05) is 13.8 Å². The van der Waals surface area contributed by atoms with E-state index < -0.39 is 72.3 Å². The predicted octanol–water partition coefficient (Wildman–Crippen LogP) is -2.49. The van der Waals surface area contributed by atoms with Crippen molar-refractivity contribution in [3.63, 3.8) is 0 Å². The number of carbonyl (C=O) groups excluding carboxylic acids is 5. The number of hydrogen-bond donors (Lipinski definition) is 7. The molecular formula is C23H40N6O8S. The second-order valence-electron chi connectivity index (χ2n) is 9.66. The summed E-state index contributed by atoms with van der Waals surface area (Å²) in [5.41, 5.74) is 11.0. The number of nitrogens with two attached hydrogens (primary N) is 2. The quantitative estimate of drug-likeness (QED) is 0.105. The van der Waals surface area contributed by atoms with Crippen LogP contribution in [-0.4, -0.2) is 106 Å². The Labute approximate surface area is 226 Å². The van der Waals surface area contributed by atoms with E-state index in [0.29, 0.717) is 12.2 Å². The lowest BCUT2D eigenvalue weighted by atomic mass is 10.0. The summed E-state index contributed by atoms with van der Waals surface area (Å²) in [6.07, 6.45) is 0.978. The summed E-state index contributed by atoms with van der Waals surface area (Å²) in [5, 5.41) is 26.6. The Morgan fingerprint density at radius 2 is 1.71 bits per heavy atom. The Morgan fingerprint density at radius 1 is 1.05 bits per heavy atom. The number of nitrogens with zero attached hydrogens (tertiary/aromatic N) is 1. The highest BCUT2D eigenvalue weighted by Gasteiger charge is 2.41. The minimum absolute atomic E-state index is 0.106. The minimum atomic E-state index is -1.26. The Hall–Kier alpha value is -2.91. The van der Waals surface area contributed by atoms with Crippen LogP contribution in [0.4, 0.5) is 0 Å². The molecule has 0 spiro atoms. The third kappa shape index (κ3) is 11.2. The average molecular weight is 561 g/mol. The van der Waals surface area contributed by atoms with E-state index in [-0.39, 0.29) is 38.1 Å². The van der Waals surface area contributed by atoms with Gasteiger partial charge in [0.15, 0.2) is 0 Å². The second kappa shape index (κ2) is 16.1. The molecule has 5 atom stereocenters. The van der Waals surface area contributed by atoms with Crippen LogP contribution < -0.4 is 27.4 Å². The number of hydrogen-bond acceptors (Lipinski definition) is 9. The Balaban J connectivity index is 2.83. The van der Waals surface area contributed by atoms with Gasteiger partial charge >= 0.3 is 5.97 Å². The van der Waals surface area contributed by atoms with Gasteiger partial charge in [0.1, 0.15) is 18.1 Å². The predicted molar refractivity (Wildman–Crippen MR) is 139 cm³/mol. The highest BCUT2D eigenvalue weighted by molar-refractivity contribution is 7.98. The van der Waals surface area contributed by atoms with Crippen molar-refractivity contribution in [3.8, 4) is 0 Å². The molecule has 5 amide bonds. The van der Waals surface area contributed by atoms with Crippen molar-refractivity contribution in [2.75, 3.05) is 25.1 Å². The zero-order valence-electron chi connectivity index (χ0n) is 22.0. The van der Waals surface area contributed by atoms with Crippen LogP contribution in [0.1, 0.15) is 46.0 Å². The van der Waals surface area contributed by atoms with Crippen molar-refractivity contribution >= 4 is 47.3 Å². The molecular weight excluding hydrogens is 520 g/mol. The van der Waals surface area contributed by atoms with Crippen molar-refractivity contribution in [1.82, 2.24) is 20.9 Å². The summed E-state index contributed by atoms with van der Waals surface area (Å²) in [6, 6.07) is -4.32. The number of likely N-dealkylation sites (tertiary alicyclic amines) is 1. The van der Waals surface area contributed by atoms with E-state index in [9.17, 15) is 39.0 Å². The van der Waals surface area contributed by atoms with Gasteiger partial charge in [-0.1, -0.05) is 13.8 Å². The van der Waals surface area contributed by atoms with Crippen molar-refractivity contribution < 1.29 is 39.0 Å². The largest absolute Gasteiger partial charge is 0.480 e. The third-order valence-corrected chi connectivity index (χ3v) is 6.53. The number of aliphatic hydroxyl groups excluding tert-OH is 1. The van der Waals surface area contributed by atoms with Crippen molar-refractivity contribution in [2.24, 2.45) is 17.4 Å². The molecule has 0 aromatic rings. The maximum atomic E-state index is 13.0. The van der Waals surface area contributed by atoms with Crippen LogP contribution in [0.5, 0.6) is 0 Å². The molecule has 1 fully saturated rings. The number of carboxylic acid groups (broad SMARTS) is 1. The molecule has 1 rings (SSSR count). The fourth-order valence-corrected chi connectivity index (χ4v) is 4.44. The lowest BCUT2D eigenvalue weighted by molar-refractivity contribution is -0.149. The molecule has 0 aromatic heterocycles. The molecule has 0 bridgehead atoms. The molecule has 1 saturated heterocycles. The average Bonchev–Trinajstić information content (AvgIpc) is 3.23. The smallest absolute Gasteiger partial charge is 0.326 e. The topological polar surface area (TPSA) is 234 Å². The summed E-state index contributed by atoms with van der Waals surface area (Å²) in [6.45, 7) is 3.05. The maximum absolute atomic E-state index is 13.0. The van der Waals surface area contributed by atoms with Crippen LogP contribution in [0.3, 0.4) is 0 Å². The van der Waals surface area contributed by atoms with Gasteiger partial charge < -0.3 is 42.5 Å². The number of thioether (sulfide) groups is 1. The normalized spacial score (nSPS) is 19.4. The highest BCUT2D eigenvalue weighted by atomic mass is 32.2. The van der Waals surface area contributed by atoms with E-state index in [2.05, 4.69) is 16.0 Å². The standard InChI is InChI=1S/C23H40N6O8S/c1-12(2)8-14(24)20(33)28-15(4-5-18(25)31)21(34)26-10-19(32)27-16(6-7-38-3)22(35)29-11-13(30)9-17(29)23(36)37/h12-17,30H,4-11,24H2,1-3H3,(H2,25,31)(H,26,34)(H,27,32)(H,28,33)(H,36,37)/t13-,14-,15-,16-,17-/m0/s1. The van der Waals surface area contributed by atoms with Crippen LogP contribution >= 0.6 is 11.8 Å². The first-order valence-electron chi connectivity index (χ1n) is 12.4. The fourth-order valence-electron chi connectivity index (χ4n) is 3.97. The Morgan fingerprint density at radius 3 is 2.26 bits per heavy atom. The first-order chi connectivity index (χ1) is 17.8. The van der Waals surface area contributed by atoms with E-state index in [0.717, 1.165) is 4.90 Å². The summed E-state index contributed by atoms with van der Waals surface area (Å²) in [4.78, 5) is 74.6. The third-order valence-electron chi connectivity index (χ3n) is 5.89. The highest BCUT2D eigenvalue weighted by Crippen LogP contribution is 2.20. The SMILES string of the molecule is CSCC[C@H](NC(=O)CNC(=O)[C@H](CCC(N)=O)NC(=O)[C@@H](N)CC(C)C)C(=O)N1C[C@@H](O)C[C@H]1C(=O)O. The second-order valence-corrected chi connectivity index (χ2v) is 10.6. The van der Waals surface area contributed by atoms with Crippen LogP contribution in [-0.2, 0) is 28.8 Å². The summed E-state index contributed by atoms with van der Waals surface area (Å²) in [5.74, 6) is -4.02. The zero-order valence-corrected chi connectivity index (χ0v) is 22.8. The van der Waals surface area contributed by atoms with Gasteiger partial charge in [-0.3, -0.25) is 24.0 Å². The van der Waals surface area contributed by atoms with E-state index in [1.54, 1.807) is 6.26 Å². The molecule has 216 valence electrons. The molecule has 1 aliphatic rings. The van der Waals surface area contributed by atoms with Crippen molar-refractivity contribution in [3.05, 3.63) is 0 Å². The van der Waals surface area contributed by atoms with Gasteiger partial charge in [-0.05, 0) is 37.2 Å². The van der Waals surface area contributed by atoms with E-state index >= 15 is 0 Å². The van der Waals surface area contributed by atoms with Gasteiger partial charge in [-0.15, -0.1) is 0 Å². The van der Waals surface area contributed by atoms with Gasteiger partial charge in [-0.2, -0.15) is 11.8 Å². The first kappa shape index (κ1) is 33.1. The van der Waals surface area contributed by atoms with E-state index in [4.69, 9.17) is 11.5 Å². The van der Waals surface area contributed by atoms with Gasteiger partial charge in [0.2, 0.25) is 29.5 Å². The van der Waals surface area contributed by atoms with Gasteiger partial charge in [0.05, 0.1) is 18.7 Å². The van der Waals surface area contributed by atoms with Gasteiger partial charge in [-0.25, -0.2) is 4.79 Å². The summed E-state index contributed by atoms with van der Waals surface area (Å²) in [7, 11) is 0. The first-order valence-corrected chi connectivity index (χ1v) is 13.8. The number of β-amino-alcohol motifs (C(OH)–C–C–N with tert-alkyl or cyclic N) is 1. The monoisotopic (exact) mass is 560 g/mol. The van der Waals surface area contributed by atoms with Crippen molar-refractivity contribution in [2.45, 2.75) is 76.2 Å². The lowest BCUT2D eigenvalue weighted by Crippen LogP contribution is -2.55. The fraction of sp³-hybridized carbons (Fsp3) is 0.739. The number of carbonyl (C=O) groups is 6.